The fourth-order valence-corrected chi connectivity index (χ4v) is 6.78. The second-order valence-electron chi connectivity index (χ2n) is 13.2. The fraction of sp³-hybridized carbons (Fsp3) is 0.828. The van der Waals surface area contributed by atoms with Gasteiger partial charge in [-0.3, -0.25) is 4.68 Å². The summed E-state index contributed by atoms with van der Waals surface area (Å²) in [5.74, 6) is 1.05. The smallest absolute Gasteiger partial charge is 0.410 e. The summed E-state index contributed by atoms with van der Waals surface area (Å²) < 4.78 is 13.6. The molecule has 1 saturated carbocycles. The average molecular weight is 534 g/mol. The largest absolute Gasteiger partial charge is 0.444 e. The van der Waals surface area contributed by atoms with Crippen LogP contribution in [-0.2, 0) is 9.47 Å². The number of aromatic nitrogens is 2. The summed E-state index contributed by atoms with van der Waals surface area (Å²) in [6.07, 6.45) is 3.26. The van der Waals surface area contributed by atoms with Crippen LogP contribution in [0.2, 0.25) is 0 Å². The Morgan fingerprint density at radius 2 is 1.71 bits per heavy atom. The molecule has 0 N–H and O–H groups in total. The molecular formula is C29H51N5O4. The Labute approximate surface area is 229 Å². The predicted octanol–water partition coefficient (Wildman–Crippen LogP) is 5.93. The molecule has 0 radical (unpaired) electrons. The van der Waals surface area contributed by atoms with Crippen LogP contribution in [0, 0.1) is 19.3 Å². The normalized spacial score (nSPS) is 25.7. The summed E-state index contributed by atoms with van der Waals surface area (Å²) in [7, 11) is 1.81. The number of carbonyl (C=O) groups is 2. The Morgan fingerprint density at radius 3 is 2.21 bits per heavy atom. The maximum absolute atomic E-state index is 12.3. The fourth-order valence-electron chi connectivity index (χ4n) is 6.78. The SMILES string of the molecule is C.CC.Cc1c(N2CCC3(CN(C)C(=O)O3)CC2(C)C)nn(C2CC3(C2)CN(C(=O)OC(C)(C)C)C3)c1C. The third kappa shape index (κ3) is 5.22. The number of ether oxygens (including phenoxy) is 2. The Kier molecular flexibility index (Phi) is 7.87. The Balaban J connectivity index is 0.00000130. The number of hydrogen-bond donors (Lipinski definition) is 0. The maximum atomic E-state index is 12.3. The first-order chi connectivity index (χ1) is 17.1. The van der Waals surface area contributed by atoms with Gasteiger partial charge in [0.1, 0.15) is 11.2 Å². The molecular weight excluding hydrogens is 482 g/mol. The van der Waals surface area contributed by atoms with Crippen molar-refractivity contribution in [1.29, 1.82) is 0 Å². The van der Waals surface area contributed by atoms with E-state index in [0.29, 0.717) is 12.6 Å². The third-order valence-corrected chi connectivity index (χ3v) is 8.48. The molecule has 2 spiro atoms. The highest BCUT2D eigenvalue weighted by molar-refractivity contribution is 5.71. The molecule has 3 saturated heterocycles. The summed E-state index contributed by atoms with van der Waals surface area (Å²) in [4.78, 5) is 30.3. The molecule has 4 heterocycles. The van der Waals surface area contributed by atoms with Gasteiger partial charge in [0.25, 0.3) is 0 Å². The first-order valence-electron chi connectivity index (χ1n) is 13.9. The zero-order chi connectivity index (χ0) is 27.6. The number of hydrogen-bond acceptors (Lipinski definition) is 6. The van der Waals surface area contributed by atoms with Crippen molar-refractivity contribution in [3.8, 4) is 0 Å². The van der Waals surface area contributed by atoms with Crippen molar-refractivity contribution in [2.75, 3.05) is 38.1 Å². The van der Waals surface area contributed by atoms with E-state index in [4.69, 9.17) is 14.6 Å². The Morgan fingerprint density at radius 1 is 1.11 bits per heavy atom. The van der Waals surface area contributed by atoms with Gasteiger partial charge in [-0.15, -0.1) is 0 Å². The number of nitrogens with zero attached hydrogens (tertiary/aromatic N) is 5. The van der Waals surface area contributed by atoms with E-state index >= 15 is 0 Å². The van der Waals surface area contributed by atoms with Crippen LogP contribution in [0.15, 0.2) is 0 Å². The Hall–Kier alpha value is -2.45. The molecule has 1 unspecified atom stereocenters. The summed E-state index contributed by atoms with van der Waals surface area (Å²) in [6.45, 7) is 21.5. The standard InChI is InChI=1S/C26H41N5O4.C2H6.CH4/c1-17-18(2)31(19-11-25(12-19)14-29(15-25)22(33)34-23(3,4)5)27-20(17)30-10-9-26(13-24(30,6)7)16-28(8)21(32)35-26;1-2;/h19H,9-16H2,1-8H3;1-2H3;1H4. The van der Waals surface area contributed by atoms with Crippen molar-refractivity contribution in [2.45, 2.75) is 118 Å². The lowest BCUT2D eigenvalue weighted by Gasteiger charge is -2.58. The minimum absolute atomic E-state index is 0. The minimum Gasteiger partial charge on any atom is -0.444 e. The van der Waals surface area contributed by atoms with Gasteiger partial charge in [0.2, 0.25) is 0 Å². The summed E-state index contributed by atoms with van der Waals surface area (Å²) >= 11 is 0. The molecule has 0 aromatic carbocycles. The lowest BCUT2D eigenvalue weighted by atomic mass is 9.61. The van der Waals surface area contributed by atoms with Crippen molar-refractivity contribution in [3.05, 3.63) is 11.3 Å². The maximum Gasteiger partial charge on any atom is 0.410 e. The van der Waals surface area contributed by atoms with Gasteiger partial charge in [-0.2, -0.15) is 5.10 Å². The molecule has 1 aromatic rings. The van der Waals surface area contributed by atoms with Crippen LogP contribution in [-0.4, -0.2) is 81.7 Å². The summed E-state index contributed by atoms with van der Waals surface area (Å²) in [5.41, 5.74) is 1.61. The van der Waals surface area contributed by atoms with Crippen molar-refractivity contribution in [1.82, 2.24) is 19.6 Å². The van der Waals surface area contributed by atoms with Gasteiger partial charge in [0.15, 0.2) is 5.82 Å². The molecule has 216 valence electrons. The van der Waals surface area contributed by atoms with Crippen LogP contribution < -0.4 is 4.90 Å². The number of rotatable bonds is 2. The van der Waals surface area contributed by atoms with Crippen molar-refractivity contribution in [2.24, 2.45) is 5.41 Å². The van der Waals surface area contributed by atoms with E-state index in [1.807, 2.05) is 46.6 Å². The van der Waals surface area contributed by atoms with Gasteiger partial charge in [-0.1, -0.05) is 21.3 Å². The molecule has 0 bridgehead atoms. The molecule has 4 fully saturated rings. The van der Waals surface area contributed by atoms with Crippen LogP contribution in [0.4, 0.5) is 15.4 Å². The Bertz CT molecular complexity index is 1040. The molecule has 2 amide bonds. The quantitative estimate of drug-likeness (QED) is 0.468. The van der Waals surface area contributed by atoms with E-state index in [-0.39, 0.29) is 30.6 Å². The third-order valence-electron chi connectivity index (χ3n) is 8.48. The van der Waals surface area contributed by atoms with Gasteiger partial charge < -0.3 is 24.2 Å². The van der Waals surface area contributed by atoms with Gasteiger partial charge in [-0.05, 0) is 61.3 Å². The lowest BCUT2D eigenvalue weighted by Crippen LogP contribution is -2.64. The molecule has 1 aromatic heterocycles. The van der Waals surface area contributed by atoms with E-state index in [9.17, 15) is 9.59 Å². The number of likely N-dealkylation sites (N-methyl/N-ethyl adjacent to an activating group) is 1. The predicted molar refractivity (Wildman–Crippen MR) is 151 cm³/mol. The number of anilines is 1. The molecule has 3 aliphatic heterocycles. The molecule has 1 atom stereocenters. The molecule has 4 aliphatic rings. The van der Waals surface area contributed by atoms with Gasteiger partial charge in [0.05, 0.1) is 12.6 Å². The molecule has 1 aliphatic carbocycles. The highest BCUT2D eigenvalue weighted by Crippen LogP contribution is 2.55. The number of carbonyl (C=O) groups excluding carboxylic acids is 2. The highest BCUT2D eigenvalue weighted by Gasteiger charge is 2.56. The number of likely N-dealkylation sites (tertiary alicyclic amines) is 1. The zero-order valence-corrected chi connectivity index (χ0v) is 24.6. The summed E-state index contributed by atoms with van der Waals surface area (Å²) in [6, 6.07) is 0.368. The van der Waals surface area contributed by atoms with E-state index < -0.39 is 11.2 Å². The zero-order valence-electron chi connectivity index (χ0n) is 24.6. The van der Waals surface area contributed by atoms with Crippen LogP contribution >= 0.6 is 0 Å². The van der Waals surface area contributed by atoms with Crippen molar-refractivity contribution >= 4 is 18.0 Å². The van der Waals surface area contributed by atoms with E-state index in [0.717, 1.165) is 51.1 Å². The van der Waals surface area contributed by atoms with Crippen LogP contribution in [0.5, 0.6) is 0 Å². The van der Waals surface area contributed by atoms with E-state index in [1.165, 1.54) is 11.3 Å². The van der Waals surface area contributed by atoms with Gasteiger partial charge >= 0.3 is 12.2 Å². The topological polar surface area (TPSA) is 80.1 Å². The monoisotopic (exact) mass is 533 g/mol. The second kappa shape index (κ2) is 9.94. The molecule has 38 heavy (non-hydrogen) atoms. The average Bonchev–Trinajstić information content (AvgIpc) is 3.15. The van der Waals surface area contributed by atoms with E-state index in [2.05, 4.69) is 37.3 Å². The van der Waals surface area contributed by atoms with E-state index in [1.54, 1.807) is 4.90 Å². The van der Waals surface area contributed by atoms with Gasteiger partial charge in [0, 0.05) is 61.7 Å². The molecule has 9 nitrogen and oxygen atoms in total. The first kappa shape index (κ1) is 30.1. The van der Waals surface area contributed by atoms with Crippen molar-refractivity contribution < 1.29 is 19.1 Å². The first-order valence-corrected chi connectivity index (χ1v) is 13.9. The lowest BCUT2D eigenvalue weighted by molar-refractivity contribution is -0.0931. The number of piperidine rings is 1. The van der Waals surface area contributed by atoms with Gasteiger partial charge in [-0.25, -0.2) is 9.59 Å². The molecule has 5 rings (SSSR count). The van der Waals surface area contributed by atoms with Crippen LogP contribution in [0.25, 0.3) is 0 Å². The minimum atomic E-state index is -0.459. The number of amides is 2. The second-order valence-corrected chi connectivity index (χ2v) is 13.2. The molecule has 9 heteroatoms. The van der Waals surface area contributed by atoms with Crippen LogP contribution in [0.1, 0.15) is 98.9 Å². The van der Waals surface area contributed by atoms with Crippen molar-refractivity contribution in [3.63, 3.8) is 0 Å². The highest BCUT2D eigenvalue weighted by atomic mass is 16.6. The van der Waals surface area contributed by atoms with Crippen LogP contribution in [0.3, 0.4) is 0 Å². The summed E-state index contributed by atoms with van der Waals surface area (Å²) in [5, 5.41) is 5.14.